The second kappa shape index (κ2) is 6.77. The topological polar surface area (TPSA) is 66.1 Å². The van der Waals surface area contributed by atoms with E-state index in [0.29, 0.717) is 35.5 Å². The maximum Gasteiger partial charge on any atom is 0.261 e. The molecule has 4 rings (SSSR count). The van der Waals surface area contributed by atoms with Crippen LogP contribution < -0.4 is 0 Å². The minimum absolute atomic E-state index is 0.232. The molecule has 0 spiro atoms. The number of imide groups is 1. The van der Waals surface area contributed by atoms with Crippen molar-refractivity contribution in [1.82, 2.24) is 14.9 Å². The highest BCUT2D eigenvalue weighted by Crippen LogP contribution is 2.22. The number of imidazole rings is 1. The third-order valence-corrected chi connectivity index (χ3v) is 4.66. The van der Waals surface area contributed by atoms with E-state index in [2.05, 4.69) is 9.97 Å². The Hall–Kier alpha value is -2.92. The molecule has 0 saturated heterocycles. The van der Waals surface area contributed by atoms with Crippen molar-refractivity contribution in [3.63, 3.8) is 0 Å². The van der Waals surface area contributed by atoms with Gasteiger partial charge >= 0.3 is 0 Å². The van der Waals surface area contributed by atoms with Crippen molar-refractivity contribution in [3.8, 4) is 0 Å². The Kier molecular flexibility index (Phi) is 4.31. The zero-order valence-corrected chi connectivity index (χ0v) is 14.7. The number of halogens is 1. The van der Waals surface area contributed by atoms with Gasteiger partial charge in [0.2, 0.25) is 0 Å². The van der Waals surface area contributed by atoms with Crippen LogP contribution in [0.15, 0.2) is 54.7 Å². The van der Waals surface area contributed by atoms with Crippen molar-refractivity contribution in [1.29, 1.82) is 0 Å². The van der Waals surface area contributed by atoms with E-state index in [1.54, 1.807) is 30.5 Å². The average molecular weight is 366 g/mol. The predicted molar refractivity (Wildman–Crippen MR) is 98.4 cm³/mol. The predicted octanol–water partition coefficient (Wildman–Crippen LogP) is 3.49. The maximum absolute atomic E-state index is 12.4. The first-order valence-electron chi connectivity index (χ1n) is 8.34. The largest absolute Gasteiger partial charge is 0.346 e. The molecule has 0 unspecified atom stereocenters. The van der Waals surface area contributed by atoms with Gasteiger partial charge in [0.15, 0.2) is 0 Å². The van der Waals surface area contributed by atoms with E-state index in [4.69, 9.17) is 11.6 Å². The third-order valence-electron chi connectivity index (χ3n) is 4.42. The number of aromatic amines is 1. The van der Waals surface area contributed by atoms with Crippen LogP contribution in [0.1, 0.15) is 37.8 Å². The monoisotopic (exact) mass is 365 g/mol. The van der Waals surface area contributed by atoms with Gasteiger partial charge < -0.3 is 4.98 Å². The molecule has 1 N–H and O–H groups in total. The molecule has 2 amide bonds. The summed E-state index contributed by atoms with van der Waals surface area (Å²) in [6.45, 7) is 0.325. The number of nitrogens with one attached hydrogen (secondary N) is 1. The van der Waals surface area contributed by atoms with Crippen LogP contribution >= 0.6 is 11.6 Å². The van der Waals surface area contributed by atoms with Crippen LogP contribution in [0.4, 0.5) is 0 Å². The highest BCUT2D eigenvalue weighted by atomic mass is 35.5. The summed E-state index contributed by atoms with van der Waals surface area (Å²) in [7, 11) is 0. The summed E-state index contributed by atoms with van der Waals surface area (Å²) in [5.74, 6) is 0.359. The van der Waals surface area contributed by atoms with E-state index in [1.807, 2.05) is 24.3 Å². The number of rotatable bonds is 5. The highest BCUT2D eigenvalue weighted by Gasteiger charge is 2.34. The van der Waals surface area contributed by atoms with Crippen molar-refractivity contribution >= 4 is 23.4 Å². The summed E-state index contributed by atoms with van der Waals surface area (Å²) < 4.78 is 0. The molecule has 1 aliphatic rings. The molecule has 1 aliphatic heterocycles. The van der Waals surface area contributed by atoms with Crippen LogP contribution in [0.2, 0.25) is 5.02 Å². The number of carbonyl (C=O) groups is 2. The van der Waals surface area contributed by atoms with E-state index in [1.165, 1.54) is 4.90 Å². The lowest BCUT2D eigenvalue weighted by molar-refractivity contribution is 0.0656. The molecular weight excluding hydrogens is 350 g/mol. The SMILES string of the molecule is O=C1c2ccccc2C(=O)N1CCc1cnc(Cc2cccc(Cl)c2)[nH]1. The van der Waals surface area contributed by atoms with Gasteiger partial charge in [0.25, 0.3) is 11.8 Å². The van der Waals surface area contributed by atoms with Crippen LogP contribution in [-0.2, 0) is 12.8 Å². The van der Waals surface area contributed by atoms with Gasteiger partial charge in [-0.1, -0.05) is 35.9 Å². The van der Waals surface area contributed by atoms with Gasteiger partial charge in [-0.05, 0) is 29.8 Å². The first-order chi connectivity index (χ1) is 12.6. The normalized spacial score (nSPS) is 13.3. The van der Waals surface area contributed by atoms with Crippen molar-refractivity contribution in [2.75, 3.05) is 6.54 Å². The summed E-state index contributed by atoms with van der Waals surface area (Å²) in [6.07, 6.45) is 2.93. The number of benzene rings is 2. The van der Waals surface area contributed by atoms with Crippen molar-refractivity contribution in [3.05, 3.63) is 88.0 Å². The lowest BCUT2D eigenvalue weighted by Crippen LogP contribution is -2.31. The molecule has 2 heterocycles. The number of hydrogen-bond donors (Lipinski definition) is 1. The third kappa shape index (κ3) is 3.13. The van der Waals surface area contributed by atoms with Gasteiger partial charge in [0, 0.05) is 36.3 Å². The van der Waals surface area contributed by atoms with E-state index in [0.717, 1.165) is 17.1 Å². The molecule has 1 aromatic heterocycles. The smallest absolute Gasteiger partial charge is 0.261 e. The number of hydrogen-bond acceptors (Lipinski definition) is 3. The Morgan fingerprint density at radius 1 is 1.00 bits per heavy atom. The van der Waals surface area contributed by atoms with Crippen LogP contribution in [0.25, 0.3) is 0 Å². The highest BCUT2D eigenvalue weighted by molar-refractivity contribution is 6.30. The molecule has 6 heteroatoms. The number of carbonyl (C=O) groups excluding carboxylic acids is 2. The van der Waals surface area contributed by atoms with Crippen LogP contribution in [0.3, 0.4) is 0 Å². The Balaban J connectivity index is 1.41. The quantitative estimate of drug-likeness (QED) is 0.704. The molecule has 0 aliphatic carbocycles. The Labute approximate surface area is 155 Å². The van der Waals surface area contributed by atoms with E-state index in [-0.39, 0.29) is 11.8 Å². The lowest BCUT2D eigenvalue weighted by atomic mass is 10.1. The van der Waals surface area contributed by atoms with Gasteiger partial charge in [-0.3, -0.25) is 14.5 Å². The van der Waals surface area contributed by atoms with E-state index < -0.39 is 0 Å². The molecule has 0 fully saturated rings. The summed E-state index contributed by atoms with van der Waals surface area (Å²) >= 11 is 6.00. The number of amides is 2. The molecule has 0 bridgehead atoms. The van der Waals surface area contributed by atoms with Gasteiger partial charge in [-0.2, -0.15) is 0 Å². The minimum Gasteiger partial charge on any atom is -0.346 e. The molecule has 3 aromatic rings. The summed E-state index contributed by atoms with van der Waals surface area (Å²) in [5.41, 5.74) is 2.91. The van der Waals surface area contributed by atoms with Gasteiger partial charge in [-0.25, -0.2) is 4.98 Å². The molecular formula is C20H16ClN3O2. The Bertz CT molecular complexity index is 961. The summed E-state index contributed by atoms with van der Waals surface area (Å²) in [6, 6.07) is 14.6. The van der Waals surface area contributed by atoms with E-state index in [9.17, 15) is 9.59 Å². The molecule has 0 atom stereocenters. The second-order valence-corrected chi connectivity index (χ2v) is 6.66. The van der Waals surface area contributed by atoms with Crippen LogP contribution in [0, 0.1) is 0 Å². The Morgan fingerprint density at radius 3 is 2.42 bits per heavy atom. The van der Waals surface area contributed by atoms with Crippen LogP contribution in [0.5, 0.6) is 0 Å². The minimum atomic E-state index is -0.232. The fraction of sp³-hybridized carbons (Fsp3) is 0.150. The molecule has 130 valence electrons. The average Bonchev–Trinajstić information content (AvgIpc) is 3.17. The fourth-order valence-corrected chi connectivity index (χ4v) is 3.35. The van der Waals surface area contributed by atoms with Crippen molar-refractivity contribution in [2.45, 2.75) is 12.8 Å². The van der Waals surface area contributed by atoms with Gasteiger partial charge in [0.1, 0.15) is 5.82 Å². The van der Waals surface area contributed by atoms with Gasteiger partial charge in [0.05, 0.1) is 11.1 Å². The van der Waals surface area contributed by atoms with Gasteiger partial charge in [-0.15, -0.1) is 0 Å². The zero-order chi connectivity index (χ0) is 18.1. The number of nitrogens with zero attached hydrogens (tertiary/aromatic N) is 2. The maximum atomic E-state index is 12.4. The summed E-state index contributed by atoms with van der Waals surface area (Å²) in [5, 5.41) is 0.694. The Morgan fingerprint density at radius 2 is 1.73 bits per heavy atom. The fourth-order valence-electron chi connectivity index (χ4n) is 3.14. The molecule has 5 nitrogen and oxygen atoms in total. The van der Waals surface area contributed by atoms with Crippen molar-refractivity contribution in [2.24, 2.45) is 0 Å². The molecule has 0 saturated carbocycles. The molecule has 26 heavy (non-hydrogen) atoms. The first kappa shape index (κ1) is 16.5. The first-order valence-corrected chi connectivity index (χ1v) is 8.72. The number of aromatic nitrogens is 2. The van der Waals surface area contributed by atoms with E-state index >= 15 is 0 Å². The molecule has 2 aromatic carbocycles. The van der Waals surface area contributed by atoms with Crippen LogP contribution in [-0.4, -0.2) is 33.2 Å². The standard InChI is InChI=1S/C20H16ClN3O2/c21-14-5-3-4-13(10-14)11-18-22-12-15(23-18)8-9-24-19(25)16-6-1-2-7-17(16)20(24)26/h1-7,10,12H,8-9,11H2,(H,22,23). The number of H-pyrrole nitrogens is 1. The molecule has 0 radical (unpaired) electrons. The zero-order valence-electron chi connectivity index (χ0n) is 13.9. The van der Waals surface area contributed by atoms with Crippen molar-refractivity contribution < 1.29 is 9.59 Å². The summed E-state index contributed by atoms with van der Waals surface area (Å²) in [4.78, 5) is 33.7. The number of fused-ring (bicyclic) bond motifs is 1. The lowest BCUT2D eigenvalue weighted by Gasteiger charge is -2.12. The second-order valence-electron chi connectivity index (χ2n) is 6.22.